The monoisotopic (exact) mass is 309 g/mol. The Balaban J connectivity index is 1.68. The highest BCUT2D eigenvalue weighted by Gasteiger charge is 2.18. The highest BCUT2D eigenvalue weighted by atomic mass is 16.5. The second-order valence-electron chi connectivity index (χ2n) is 6.12. The third-order valence-corrected chi connectivity index (χ3v) is 3.80. The number of ether oxygens (including phenoxy) is 1. The first-order valence-electron chi connectivity index (χ1n) is 8.15. The Morgan fingerprint density at radius 2 is 2.23 bits per heavy atom. The van der Waals surface area contributed by atoms with Crippen molar-refractivity contribution in [3.8, 4) is 0 Å². The van der Waals surface area contributed by atoms with Crippen molar-refractivity contribution in [3.63, 3.8) is 0 Å². The maximum atomic E-state index is 12.0. The maximum absolute atomic E-state index is 12.0. The first-order valence-corrected chi connectivity index (χ1v) is 8.15. The van der Waals surface area contributed by atoms with Gasteiger partial charge in [-0.2, -0.15) is 0 Å². The minimum atomic E-state index is -0.187. The molecule has 1 fully saturated rings. The second kappa shape index (κ2) is 8.85. The minimum Gasteiger partial charge on any atom is -0.380 e. The van der Waals surface area contributed by atoms with Gasteiger partial charge in [-0.05, 0) is 38.3 Å². The van der Waals surface area contributed by atoms with Crippen LogP contribution in [0.5, 0.6) is 0 Å². The van der Waals surface area contributed by atoms with Gasteiger partial charge in [0.25, 0.3) is 5.91 Å². The first kappa shape index (κ1) is 16.9. The van der Waals surface area contributed by atoms with Gasteiger partial charge in [0.2, 0.25) is 0 Å². The predicted octanol–water partition coefficient (Wildman–Crippen LogP) is 0.995. The summed E-state index contributed by atoms with van der Waals surface area (Å²) in [6.07, 6.45) is 4.83. The maximum Gasteiger partial charge on any atom is 0.273 e. The van der Waals surface area contributed by atoms with E-state index < -0.39 is 0 Å². The van der Waals surface area contributed by atoms with Crippen LogP contribution in [0, 0.1) is 5.92 Å². The van der Waals surface area contributed by atoms with E-state index in [0.29, 0.717) is 30.8 Å². The number of nitrogens with one attached hydrogen (secondary N) is 2. The van der Waals surface area contributed by atoms with Crippen LogP contribution in [0.15, 0.2) is 6.20 Å². The van der Waals surface area contributed by atoms with Crippen LogP contribution in [0.3, 0.4) is 0 Å². The quantitative estimate of drug-likeness (QED) is 0.700. The van der Waals surface area contributed by atoms with Crippen LogP contribution < -0.4 is 10.6 Å². The van der Waals surface area contributed by atoms with Gasteiger partial charge in [0.1, 0.15) is 0 Å². The van der Waals surface area contributed by atoms with Gasteiger partial charge >= 0.3 is 0 Å². The minimum absolute atomic E-state index is 0.187. The Hall–Kier alpha value is -1.47. The number of carbonyl (C=O) groups excluding carboxylic acids is 1. The molecule has 0 spiro atoms. The molecule has 124 valence electrons. The zero-order valence-corrected chi connectivity index (χ0v) is 13.5. The van der Waals surface area contributed by atoms with Crippen LogP contribution in [-0.4, -0.2) is 53.7 Å². The van der Waals surface area contributed by atoms with Crippen molar-refractivity contribution in [1.82, 2.24) is 25.6 Å². The number of carbonyl (C=O) groups is 1. The van der Waals surface area contributed by atoms with E-state index in [-0.39, 0.29) is 5.91 Å². The molecule has 1 saturated heterocycles. The molecule has 1 amide bonds. The first-order chi connectivity index (χ1) is 10.7. The van der Waals surface area contributed by atoms with Gasteiger partial charge in [-0.15, -0.1) is 5.10 Å². The number of nitrogens with zero attached hydrogens (tertiary/aromatic N) is 3. The summed E-state index contributed by atoms with van der Waals surface area (Å²) in [5, 5.41) is 14.2. The van der Waals surface area contributed by atoms with Gasteiger partial charge < -0.3 is 15.4 Å². The largest absolute Gasteiger partial charge is 0.380 e. The highest BCUT2D eigenvalue weighted by molar-refractivity contribution is 5.91. The third-order valence-electron chi connectivity index (χ3n) is 3.80. The van der Waals surface area contributed by atoms with Crippen molar-refractivity contribution in [3.05, 3.63) is 11.9 Å². The summed E-state index contributed by atoms with van der Waals surface area (Å²) >= 11 is 0. The zero-order valence-electron chi connectivity index (χ0n) is 13.5. The van der Waals surface area contributed by atoms with E-state index in [2.05, 4.69) is 34.8 Å². The lowest BCUT2D eigenvalue weighted by atomic mass is 10.1. The standard InChI is InChI=1S/C15H27N5O2/c1-12(2)5-9-22-10-8-17-15(21)14-11-20(19-18-14)13-3-6-16-7-4-13/h11-13,16H,3-10H2,1-2H3,(H,17,21). The van der Waals surface area contributed by atoms with E-state index in [1.54, 1.807) is 6.20 Å². The van der Waals surface area contributed by atoms with Crippen molar-refractivity contribution in [2.45, 2.75) is 39.2 Å². The normalized spacial score (nSPS) is 16.1. The Morgan fingerprint density at radius 1 is 1.45 bits per heavy atom. The summed E-state index contributed by atoms with van der Waals surface area (Å²) < 4.78 is 7.28. The number of rotatable bonds is 8. The molecule has 1 aliphatic heterocycles. The van der Waals surface area contributed by atoms with Crippen molar-refractivity contribution >= 4 is 5.91 Å². The van der Waals surface area contributed by atoms with Gasteiger partial charge in [-0.25, -0.2) is 4.68 Å². The molecular formula is C15H27N5O2. The molecule has 0 atom stereocenters. The summed E-state index contributed by atoms with van der Waals surface area (Å²) in [5.74, 6) is 0.451. The van der Waals surface area contributed by atoms with E-state index in [4.69, 9.17) is 4.74 Å². The number of hydrogen-bond acceptors (Lipinski definition) is 5. The van der Waals surface area contributed by atoms with Gasteiger partial charge in [0.15, 0.2) is 5.69 Å². The Kier molecular flexibility index (Phi) is 6.79. The predicted molar refractivity (Wildman–Crippen MR) is 83.8 cm³/mol. The van der Waals surface area contributed by atoms with Crippen molar-refractivity contribution in [2.75, 3.05) is 32.8 Å². The number of amides is 1. The van der Waals surface area contributed by atoms with Crippen LogP contribution >= 0.6 is 0 Å². The fourth-order valence-electron chi connectivity index (χ4n) is 2.38. The molecule has 1 aliphatic rings. The number of piperidine rings is 1. The fraction of sp³-hybridized carbons (Fsp3) is 0.800. The number of hydrogen-bond donors (Lipinski definition) is 2. The molecule has 2 rings (SSSR count). The van der Waals surface area contributed by atoms with Crippen LogP contribution in [0.25, 0.3) is 0 Å². The Labute approximate surface area is 131 Å². The van der Waals surface area contributed by atoms with Gasteiger partial charge in [-0.1, -0.05) is 19.1 Å². The molecule has 1 aromatic heterocycles. The molecule has 2 heterocycles. The van der Waals surface area contributed by atoms with E-state index in [9.17, 15) is 4.79 Å². The average Bonchev–Trinajstić information content (AvgIpc) is 3.01. The fourth-order valence-corrected chi connectivity index (χ4v) is 2.38. The lowest BCUT2D eigenvalue weighted by molar-refractivity contribution is 0.0901. The Bertz CT molecular complexity index is 455. The molecule has 22 heavy (non-hydrogen) atoms. The van der Waals surface area contributed by atoms with Gasteiger partial charge in [-0.3, -0.25) is 4.79 Å². The summed E-state index contributed by atoms with van der Waals surface area (Å²) in [5.41, 5.74) is 0.376. The smallest absolute Gasteiger partial charge is 0.273 e. The molecule has 7 heteroatoms. The van der Waals surface area contributed by atoms with E-state index in [1.165, 1.54) is 0 Å². The average molecular weight is 309 g/mol. The summed E-state index contributed by atoms with van der Waals surface area (Å²) in [7, 11) is 0. The van der Waals surface area contributed by atoms with Gasteiger partial charge in [0, 0.05) is 13.2 Å². The molecule has 7 nitrogen and oxygen atoms in total. The number of aromatic nitrogens is 3. The van der Waals surface area contributed by atoms with E-state index >= 15 is 0 Å². The van der Waals surface area contributed by atoms with Crippen molar-refractivity contribution in [2.24, 2.45) is 5.92 Å². The lowest BCUT2D eigenvalue weighted by Gasteiger charge is -2.22. The van der Waals surface area contributed by atoms with Crippen LogP contribution in [0.1, 0.15) is 49.6 Å². The molecule has 0 saturated carbocycles. The Morgan fingerprint density at radius 3 is 2.95 bits per heavy atom. The molecule has 1 aromatic rings. The SMILES string of the molecule is CC(C)CCOCCNC(=O)c1cn(C2CCNCC2)nn1. The summed E-state index contributed by atoms with van der Waals surface area (Å²) in [6.45, 7) is 8.06. The highest BCUT2D eigenvalue weighted by Crippen LogP contribution is 2.16. The van der Waals surface area contributed by atoms with Crippen LogP contribution in [0.2, 0.25) is 0 Å². The van der Waals surface area contributed by atoms with Gasteiger partial charge in [0.05, 0.1) is 18.8 Å². The van der Waals surface area contributed by atoms with E-state index in [0.717, 1.165) is 39.0 Å². The molecule has 0 aliphatic carbocycles. The van der Waals surface area contributed by atoms with Crippen LogP contribution in [-0.2, 0) is 4.74 Å². The second-order valence-corrected chi connectivity index (χ2v) is 6.12. The molecule has 2 N–H and O–H groups in total. The molecule has 0 radical (unpaired) electrons. The summed E-state index contributed by atoms with van der Waals surface area (Å²) in [4.78, 5) is 12.0. The molecule has 0 aromatic carbocycles. The van der Waals surface area contributed by atoms with Crippen molar-refractivity contribution in [1.29, 1.82) is 0 Å². The molecule has 0 bridgehead atoms. The van der Waals surface area contributed by atoms with Crippen molar-refractivity contribution < 1.29 is 9.53 Å². The van der Waals surface area contributed by atoms with E-state index in [1.807, 2.05) is 4.68 Å². The zero-order chi connectivity index (χ0) is 15.8. The van der Waals surface area contributed by atoms with Crippen LogP contribution in [0.4, 0.5) is 0 Å². The molecular weight excluding hydrogens is 282 g/mol. The third kappa shape index (κ3) is 5.38. The lowest BCUT2D eigenvalue weighted by Crippen LogP contribution is -2.29. The molecule has 0 unspecified atom stereocenters. The summed E-state index contributed by atoms with van der Waals surface area (Å²) in [6, 6.07) is 0.342. The topological polar surface area (TPSA) is 81.1 Å².